The van der Waals surface area contributed by atoms with E-state index in [-0.39, 0.29) is 5.97 Å². The van der Waals surface area contributed by atoms with Gasteiger partial charge < -0.3 is 4.74 Å². The monoisotopic (exact) mass is 248 g/mol. The van der Waals surface area contributed by atoms with Crippen LogP contribution in [0.25, 0.3) is 0 Å². The van der Waals surface area contributed by atoms with Gasteiger partial charge in [-0.15, -0.1) is 0 Å². The summed E-state index contributed by atoms with van der Waals surface area (Å²) in [7, 11) is 0. The molecule has 2 rings (SSSR count). The molecule has 0 fully saturated rings. The number of aromatic nitrogens is 2. The fourth-order valence-corrected chi connectivity index (χ4v) is 2.15. The standard InChI is InChI=1S/C14H20N2O2/c1-3-16-9-13(8-15-16)14(17)18-10-12-7-5-4-6-11(12)2/h4-5,8-9,11-12H,3,6-7,10H2,1-2H3. The number of carbonyl (C=O) groups is 1. The van der Waals surface area contributed by atoms with Gasteiger partial charge in [-0.05, 0) is 31.6 Å². The summed E-state index contributed by atoms with van der Waals surface area (Å²) in [5.74, 6) is 0.762. The molecule has 1 aromatic heterocycles. The van der Waals surface area contributed by atoms with Gasteiger partial charge in [0.05, 0.1) is 18.4 Å². The first kappa shape index (κ1) is 12.9. The van der Waals surface area contributed by atoms with Crippen LogP contribution in [0.4, 0.5) is 0 Å². The highest BCUT2D eigenvalue weighted by Gasteiger charge is 2.20. The van der Waals surface area contributed by atoms with Crippen LogP contribution in [-0.2, 0) is 11.3 Å². The van der Waals surface area contributed by atoms with Crippen LogP contribution in [0.3, 0.4) is 0 Å². The topological polar surface area (TPSA) is 44.1 Å². The molecule has 0 saturated carbocycles. The van der Waals surface area contributed by atoms with Gasteiger partial charge in [-0.2, -0.15) is 5.10 Å². The van der Waals surface area contributed by atoms with Crippen LogP contribution in [-0.4, -0.2) is 22.4 Å². The lowest BCUT2D eigenvalue weighted by atomic mass is 9.85. The molecule has 0 radical (unpaired) electrons. The molecule has 4 heteroatoms. The molecule has 0 bridgehead atoms. The number of rotatable bonds is 4. The molecule has 4 nitrogen and oxygen atoms in total. The predicted molar refractivity (Wildman–Crippen MR) is 69.2 cm³/mol. The highest BCUT2D eigenvalue weighted by molar-refractivity contribution is 5.88. The first-order valence-electron chi connectivity index (χ1n) is 6.55. The average molecular weight is 248 g/mol. The Labute approximate surface area is 108 Å². The van der Waals surface area contributed by atoms with E-state index < -0.39 is 0 Å². The third-order valence-electron chi connectivity index (χ3n) is 3.54. The summed E-state index contributed by atoms with van der Waals surface area (Å²) >= 11 is 0. The molecule has 1 aliphatic carbocycles. The first-order chi connectivity index (χ1) is 8.70. The van der Waals surface area contributed by atoms with Crippen molar-refractivity contribution < 1.29 is 9.53 Å². The van der Waals surface area contributed by atoms with E-state index in [1.54, 1.807) is 17.1 Å². The summed E-state index contributed by atoms with van der Waals surface area (Å²) < 4.78 is 7.09. The number of aryl methyl sites for hydroxylation is 1. The van der Waals surface area contributed by atoms with E-state index in [4.69, 9.17) is 4.74 Å². The molecule has 0 aliphatic heterocycles. The second-order valence-electron chi connectivity index (χ2n) is 4.86. The molecule has 0 spiro atoms. The maximum absolute atomic E-state index is 11.8. The smallest absolute Gasteiger partial charge is 0.341 e. The molecule has 2 atom stereocenters. The molecule has 2 unspecified atom stereocenters. The van der Waals surface area contributed by atoms with Gasteiger partial charge in [-0.3, -0.25) is 4.68 Å². The Kier molecular flexibility index (Phi) is 4.18. The number of esters is 1. The lowest BCUT2D eigenvalue weighted by Crippen LogP contribution is -2.21. The van der Waals surface area contributed by atoms with Crippen molar-refractivity contribution in [3.8, 4) is 0 Å². The van der Waals surface area contributed by atoms with Crippen LogP contribution >= 0.6 is 0 Å². The van der Waals surface area contributed by atoms with Crippen molar-refractivity contribution in [2.45, 2.75) is 33.2 Å². The van der Waals surface area contributed by atoms with Crippen molar-refractivity contribution in [2.24, 2.45) is 11.8 Å². The minimum Gasteiger partial charge on any atom is -0.462 e. The van der Waals surface area contributed by atoms with Gasteiger partial charge >= 0.3 is 5.97 Å². The summed E-state index contributed by atoms with van der Waals surface area (Å²) in [6.45, 7) is 5.45. The van der Waals surface area contributed by atoms with Crippen LogP contribution < -0.4 is 0 Å². The summed E-state index contributed by atoms with van der Waals surface area (Å²) in [6, 6.07) is 0. The minimum absolute atomic E-state index is 0.267. The fraction of sp³-hybridized carbons (Fsp3) is 0.571. The van der Waals surface area contributed by atoms with Crippen molar-refractivity contribution in [3.05, 3.63) is 30.1 Å². The molecule has 0 N–H and O–H groups in total. The number of allylic oxidation sites excluding steroid dienone is 2. The van der Waals surface area contributed by atoms with Crippen molar-refractivity contribution >= 4 is 5.97 Å². The van der Waals surface area contributed by atoms with Crippen LogP contribution in [0.5, 0.6) is 0 Å². The molecular formula is C14H20N2O2. The molecule has 1 heterocycles. The van der Waals surface area contributed by atoms with Gasteiger partial charge in [-0.1, -0.05) is 19.1 Å². The Morgan fingerprint density at radius 1 is 1.50 bits per heavy atom. The van der Waals surface area contributed by atoms with Crippen molar-refractivity contribution in [2.75, 3.05) is 6.61 Å². The summed E-state index contributed by atoms with van der Waals surface area (Å²) in [5.41, 5.74) is 0.538. The van der Waals surface area contributed by atoms with Crippen molar-refractivity contribution in [1.29, 1.82) is 0 Å². The molecule has 1 aromatic rings. The Morgan fingerprint density at radius 2 is 2.28 bits per heavy atom. The molecule has 0 aromatic carbocycles. The molecule has 18 heavy (non-hydrogen) atoms. The Morgan fingerprint density at radius 3 is 2.94 bits per heavy atom. The summed E-state index contributed by atoms with van der Waals surface area (Å²) in [4.78, 5) is 11.8. The van der Waals surface area contributed by atoms with Crippen LogP contribution in [0.2, 0.25) is 0 Å². The van der Waals surface area contributed by atoms with Crippen LogP contribution in [0, 0.1) is 11.8 Å². The molecule has 1 aliphatic rings. The van der Waals surface area contributed by atoms with Gasteiger partial charge in [0, 0.05) is 12.7 Å². The first-order valence-corrected chi connectivity index (χ1v) is 6.55. The highest BCUT2D eigenvalue weighted by Crippen LogP contribution is 2.25. The predicted octanol–water partition coefficient (Wildman–Crippen LogP) is 2.66. The fourth-order valence-electron chi connectivity index (χ4n) is 2.15. The number of hydrogen-bond acceptors (Lipinski definition) is 3. The average Bonchev–Trinajstić information content (AvgIpc) is 2.86. The number of ether oxygens (including phenoxy) is 1. The third-order valence-corrected chi connectivity index (χ3v) is 3.54. The number of hydrogen-bond donors (Lipinski definition) is 0. The van der Waals surface area contributed by atoms with Crippen LogP contribution in [0.15, 0.2) is 24.5 Å². The van der Waals surface area contributed by atoms with E-state index in [1.807, 2.05) is 6.92 Å². The van der Waals surface area contributed by atoms with Gasteiger partial charge in [0.25, 0.3) is 0 Å². The molecule has 98 valence electrons. The molecular weight excluding hydrogens is 228 g/mol. The summed E-state index contributed by atoms with van der Waals surface area (Å²) in [6.07, 6.45) is 9.75. The van der Waals surface area contributed by atoms with Gasteiger partial charge in [0.2, 0.25) is 0 Å². The Hall–Kier alpha value is -1.58. The Balaban J connectivity index is 1.86. The zero-order valence-electron chi connectivity index (χ0n) is 11.0. The normalized spacial score (nSPS) is 23.0. The highest BCUT2D eigenvalue weighted by atomic mass is 16.5. The van der Waals surface area contributed by atoms with E-state index in [0.717, 1.165) is 19.4 Å². The molecule has 0 amide bonds. The van der Waals surface area contributed by atoms with Crippen molar-refractivity contribution in [3.63, 3.8) is 0 Å². The van der Waals surface area contributed by atoms with E-state index in [1.165, 1.54) is 0 Å². The quantitative estimate of drug-likeness (QED) is 0.608. The van der Waals surface area contributed by atoms with E-state index in [9.17, 15) is 4.79 Å². The lowest BCUT2D eigenvalue weighted by Gasteiger charge is -2.24. The maximum atomic E-state index is 11.8. The lowest BCUT2D eigenvalue weighted by molar-refractivity contribution is 0.0395. The largest absolute Gasteiger partial charge is 0.462 e. The van der Waals surface area contributed by atoms with E-state index >= 15 is 0 Å². The number of carbonyl (C=O) groups excluding carboxylic acids is 1. The zero-order chi connectivity index (χ0) is 13.0. The van der Waals surface area contributed by atoms with Crippen molar-refractivity contribution in [1.82, 2.24) is 9.78 Å². The van der Waals surface area contributed by atoms with E-state index in [0.29, 0.717) is 24.0 Å². The zero-order valence-corrected chi connectivity index (χ0v) is 11.0. The Bertz CT molecular complexity index is 437. The van der Waals surface area contributed by atoms with Crippen LogP contribution in [0.1, 0.15) is 37.0 Å². The maximum Gasteiger partial charge on any atom is 0.341 e. The van der Waals surface area contributed by atoms with Gasteiger partial charge in [-0.25, -0.2) is 4.79 Å². The van der Waals surface area contributed by atoms with E-state index in [2.05, 4.69) is 24.2 Å². The van der Waals surface area contributed by atoms with Gasteiger partial charge in [0.15, 0.2) is 0 Å². The minimum atomic E-state index is -0.267. The number of nitrogens with zero attached hydrogens (tertiary/aromatic N) is 2. The SMILES string of the molecule is CCn1cc(C(=O)OCC2CC=CCC2C)cn1. The van der Waals surface area contributed by atoms with Gasteiger partial charge in [0.1, 0.15) is 0 Å². The molecule has 0 saturated heterocycles. The summed E-state index contributed by atoms with van der Waals surface area (Å²) in [5, 5.41) is 4.07. The second kappa shape index (κ2) is 5.85. The third kappa shape index (κ3) is 3.00. The second-order valence-corrected chi connectivity index (χ2v) is 4.86.